The molecule has 1 amide bonds. The Kier molecular flexibility index (Phi) is 17.1. The van der Waals surface area contributed by atoms with Gasteiger partial charge in [0.05, 0.1) is 29.2 Å². The number of hydrogen-bond acceptors (Lipinski definition) is 9. The van der Waals surface area contributed by atoms with Gasteiger partial charge in [-0.15, -0.1) is 0 Å². The van der Waals surface area contributed by atoms with Gasteiger partial charge in [-0.1, -0.05) is 72.7 Å². The van der Waals surface area contributed by atoms with Crippen molar-refractivity contribution in [2.45, 2.75) is 58.8 Å². The van der Waals surface area contributed by atoms with Crippen LogP contribution in [0.2, 0.25) is 5.02 Å². The van der Waals surface area contributed by atoms with Gasteiger partial charge in [-0.3, -0.25) is 14.1 Å². The number of carbonyl (C=O) groups is 1. The Labute approximate surface area is 310 Å². The topological polar surface area (TPSA) is 152 Å². The molecule has 4 rings (SSSR count). The molecule has 0 aliphatic heterocycles. The van der Waals surface area contributed by atoms with Gasteiger partial charge in [0.25, 0.3) is 10.1 Å². The zero-order valence-electron chi connectivity index (χ0n) is 30.1. The van der Waals surface area contributed by atoms with E-state index >= 15 is 0 Å². The summed E-state index contributed by atoms with van der Waals surface area (Å²) >= 11 is 7.15. The average Bonchev–Trinajstić information content (AvgIpc) is 3.46. The number of fused-ring (bicyclic) bond motifs is 1. The zero-order chi connectivity index (χ0) is 37.6. The van der Waals surface area contributed by atoms with Gasteiger partial charge in [0.15, 0.2) is 0 Å². The normalized spacial score (nSPS) is 11.5. The van der Waals surface area contributed by atoms with Crippen LogP contribution in [0.4, 0.5) is 0 Å². The number of benzene rings is 3. The van der Waals surface area contributed by atoms with Crippen molar-refractivity contribution in [3.8, 4) is 5.75 Å². The number of phenols is 1. The molecule has 0 atom stereocenters. The molecule has 4 N–H and O–H groups in total. The minimum atomic E-state index is -4.08. The number of nitrogens with one attached hydrogen (secondary N) is 2. The minimum Gasteiger partial charge on any atom is -0.506 e. The van der Waals surface area contributed by atoms with Crippen molar-refractivity contribution in [2.24, 2.45) is 0 Å². The molecule has 51 heavy (non-hydrogen) atoms. The Balaban J connectivity index is 0.000000453. The van der Waals surface area contributed by atoms with Crippen molar-refractivity contribution in [2.75, 3.05) is 59.0 Å². The Hall–Kier alpha value is -3.30. The molecule has 14 heteroatoms. The van der Waals surface area contributed by atoms with Crippen LogP contribution in [0.1, 0.15) is 48.1 Å². The Morgan fingerprint density at radius 1 is 0.961 bits per heavy atom. The quantitative estimate of drug-likeness (QED) is 0.0733. The van der Waals surface area contributed by atoms with E-state index in [4.69, 9.17) is 20.9 Å². The Bertz CT molecular complexity index is 1870. The predicted octanol–water partition coefficient (Wildman–Crippen LogP) is 5.76. The number of nitrogens with zero attached hydrogens (tertiary/aromatic N) is 2. The van der Waals surface area contributed by atoms with Crippen molar-refractivity contribution in [3.05, 3.63) is 91.0 Å². The number of carbonyl (C=O) groups excluding carboxylic acids is 1. The van der Waals surface area contributed by atoms with Crippen LogP contribution < -0.4 is 10.2 Å². The van der Waals surface area contributed by atoms with Gasteiger partial charge in [0, 0.05) is 31.2 Å². The van der Waals surface area contributed by atoms with Gasteiger partial charge < -0.3 is 29.9 Å². The summed E-state index contributed by atoms with van der Waals surface area (Å²) in [5.41, 5.74) is 4.79. The molecule has 0 spiro atoms. The summed E-state index contributed by atoms with van der Waals surface area (Å²) in [5, 5.41) is 14.1. The van der Waals surface area contributed by atoms with Crippen molar-refractivity contribution >= 4 is 49.2 Å². The number of ether oxygens (including phenoxy) is 1. The molecule has 0 radical (unpaired) electrons. The van der Waals surface area contributed by atoms with Crippen LogP contribution >= 0.6 is 22.9 Å². The molecule has 0 unspecified atom stereocenters. The number of rotatable bonds is 18. The van der Waals surface area contributed by atoms with E-state index in [-0.39, 0.29) is 21.4 Å². The number of aryl methyl sites for hydroxylation is 3. The highest BCUT2D eigenvalue weighted by Crippen LogP contribution is 2.28. The number of halogens is 1. The summed E-state index contributed by atoms with van der Waals surface area (Å²) in [7, 11) is -4.08. The van der Waals surface area contributed by atoms with Crippen LogP contribution in [-0.2, 0) is 32.5 Å². The van der Waals surface area contributed by atoms with E-state index in [2.05, 4.69) is 29.0 Å². The Morgan fingerprint density at radius 2 is 1.67 bits per heavy atom. The maximum atomic E-state index is 13.0. The number of aromatic nitrogens is 1. The van der Waals surface area contributed by atoms with Crippen LogP contribution in [0.5, 0.6) is 5.75 Å². The number of H-pyrrole nitrogens is 1. The van der Waals surface area contributed by atoms with Crippen molar-refractivity contribution < 1.29 is 27.6 Å². The number of amides is 1. The van der Waals surface area contributed by atoms with Crippen LogP contribution in [0, 0.1) is 20.8 Å². The molecule has 0 saturated heterocycles. The van der Waals surface area contributed by atoms with Crippen LogP contribution in [0.3, 0.4) is 0 Å². The number of aromatic amines is 1. The molecule has 0 saturated carbocycles. The highest BCUT2D eigenvalue weighted by atomic mass is 35.5. The summed E-state index contributed by atoms with van der Waals surface area (Å²) in [6, 6.07) is 14.7. The second-order valence-electron chi connectivity index (χ2n) is 12.3. The fourth-order valence-electron chi connectivity index (χ4n) is 5.87. The van der Waals surface area contributed by atoms with Crippen molar-refractivity contribution in [1.82, 2.24) is 20.1 Å². The number of aromatic hydroxyl groups is 1. The molecule has 1 heterocycles. The summed E-state index contributed by atoms with van der Waals surface area (Å²) in [4.78, 5) is 31.5. The fraction of sp³-hybridized carbons (Fsp3) is 0.459. The number of likely N-dealkylation sites (N-methyl/N-ethyl adjacent to an activating group) is 1. The molecule has 0 fully saturated rings. The standard InChI is InChI=1S/C28H39ClN4O4S.C9H12O3S/c1-3-32(4-2)16-17-33(25(35)12-19-37-18-11-21-6-5-7-23(29)20-21)15-14-30-13-10-22-8-9-24(34)26-27(22)38-28(36)31-26;1-6-4-7(2)9(8(3)5-6)13(10,11)12/h5-9,20,30,34H,3-4,10-19H2,1-2H3,(H,31,36);4-5H,1-3H3,(H,10,11,12). The maximum Gasteiger partial charge on any atom is 0.305 e. The smallest absolute Gasteiger partial charge is 0.305 e. The van der Waals surface area contributed by atoms with Gasteiger partial charge in [-0.25, -0.2) is 0 Å². The van der Waals surface area contributed by atoms with Gasteiger partial charge in [-0.2, -0.15) is 8.42 Å². The molecule has 3 aromatic carbocycles. The summed E-state index contributed by atoms with van der Waals surface area (Å²) in [6.45, 7) is 15.9. The van der Waals surface area contributed by atoms with E-state index in [1.807, 2.05) is 42.2 Å². The molecule has 0 aliphatic carbocycles. The third kappa shape index (κ3) is 13.6. The summed E-state index contributed by atoms with van der Waals surface area (Å²) < 4.78 is 37.3. The molecule has 280 valence electrons. The molecule has 1 aromatic heterocycles. The van der Waals surface area contributed by atoms with Crippen LogP contribution in [0.15, 0.2) is 58.2 Å². The third-order valence-electron chi connectivity index (χ3n) is 8.45. The van der Waals surface area contributed by atoms with Crippen LogP contribution in [-0.4, -0.2) is 97.8 Å². The minimum absolute atomic E-state index is 0.0260. The average molecular weight is 763 g/mol. The van der Waals surface area contributed by atoms with E-state index in [1.54, 1.807) is 32.0 Å². The summed E-state index contributed by atoms with van der Waals surface area (Å²) in [5.74, 6) is 0.185. The van der Waals surface area contributed by atoms with E-state index in [0.717, 1.165) is 65.2 Å². The fourth-order valence-corrected chi connectivity index (χ4v) is 7.91. The van der Waals surface area contributed by atoms with Crippen molar-refractivity contribution in [3.63, 3.8) is 0 Å². The maximum absolute atomic E-state index is 13.0. The van der Waals surface area contributed by atoms with E-state index in [9.17, 15) is 23.1 Å². The predicted molar refractivity (Wildman–Crippen MR) is 206 cm³/mol. The first-order valence-corrected chi connectivity index (χ1v) is 19.8. The van der Waals surface area contributed by atoms with E-state index < -0.39 is 10.1 Å². The van der Waals surface area contributed by atoms with Gasteiger partial charge in [0.1, 0.15) is 11.3 Å². The van der Waals surface area contributed by atoms with Gasteiger partial charge in [0.2, 0.25) is 5.91 Å². The SMILES string of the molecule is CCN(CC)CCN(CCNCCc1ccc(O)c2[nH]c(=O)sc12)C(=O)CCOCCc1cccc(Cl)c1.Cc1cc(C)c(S(=O)(=O)O)c(C)c1. The molecule has 11 nitrogen and oxygen atoms in total. The molecule has 0 aliphatic rings. The van der Waals surface area contributed by atoms with Gasteiger partial charge >= 0.3 is 4.87 Å². The lowest BCUT2D eigenvalue weighted by atomic mass is 10.1. The van der Waals surface area contributed by atoms with E-state index in [1.165, 1.54) is 0 Å². The van der Waals surface area contributed by atoms with Crippen molar-refractivity contribution in [1.29, 1.82) is 0 Å². The molecule has 4 aromatic rings. The first kappa shape index (κ1) is 42.1. The second kappa shape index (κ2) is 20.7. The molecular formula is C37H51ClN4O7S2. The molecular weight excluding hydrogens is 712 g/mol. The largest absolute Gasteiger partial charge is 0.506 e. The lowest BCUT2D eigenvalue weighted by Gasteiger charge is -2.27. The highest BCUT2D eigenvalue weighted by Gasteiger charge is 2.17. The lowest BCUT2D eigenvalue weighted by molar-refractivity contribution is -0.132. The first-order valence-electron chi connectivity index (χ1n) is 17.1. The number of phenolic OH excluding ortho intramolecular Hbond substituents is 1. The number of thiazole rings is 1. The molecule has 0 bridgehead atoms. The number of hydrogen-bond donors (Lipinski definition) is 4. The monoisotopic (exact) mass is 762 g/mol. The highest BCUT2D eigenvalue weighted by molar-refractivity contribution is 7.86. The summed E-state index contributed by atoms with van der Waals surface area (Å²) in [6.07, 6.45) is 1.83. The van der Waals surface area contributed by atoms with Crippen LogP contribution in [0.25, 0.3) is 10.2 Å². The zero-order valence-corrected chi connectivity index (χ0v) is 32.5. The third-order valence-corrected chi connectivity index (χ3v) is 10.8. The first-order chi connectivity index (χ1) is 24.2. The van der Waals surface area contributed by atoms with Gasteiger partial charge in [-0.05, 0) is 93.7 Å². The van der Waals surface area contributed by atoms with E-state index in [0.29, 0.717) is 67.5 Å². The lowest BCUT2D eigenvalue weighted by Crippen LogP contribution is -2.42. The second-order valence-corrected chi connectivity index (χ2v) is 15.1. The Morgan fingerprint density at radius 3 is 2.31 bits per heavy atom.